The van der Waals surface area contributed by atoms with Crippen molar-refractivity contribution in [3.05, 3.63) is 53.6 Å². The second kappa shape index (κ2) is 9.02. The quantitative estimate of drug-likeness (QED) is 0.639. The van der Waals surface area contributed by atoms with Gasteiger partial charge in [-0.2, -0.15) is 4.68 Å². The molecule has 0 aliphatic carbocycles. The molecule has 8 nitrogen and oxygen atoms in total. The van der Waals surface area contributed by atoms with Crippen molar-refractivity contribution < 1.29 is 9.53 Å². The third kappa shape index (κ3) is 4.55. The summed E-state index contributed by atoms with van der Waals surface area (Å²) in [7, 11) is 4.12. The number of nitrogens with zero attached hydrogens (tertiary/aromatic N) is 5. The molecule has 0 fully saturated rings. The number of benzene rings is 2. The maximum Gasteiger partial charge on any atom is 0.345 e. The summed E-state index contributed by atoms with van der Waals surface area (Å²) in [4.78, 5) is 14.2. The number of para-hydroxylation sites is 1. The Morgan fingerprint density at radius 2 is 1.97 bits per heavy atom. The summed E-state index contributed by atoms with van der Waals surface area (Å²) in [6.45, 7) is 1.00. The van der Waals surface area contributed by atoms with Gasteiger partial charge >= 0.3 is 6.01 Å². The van der Waals surface area contributed by atoms with Crippen molar-refractivity contribution in [3.8, 4) is 17.4 Å². The van der Waals surface area contributed by atoms with Crippen molar-refractivity contribution in [2.45, 2.75) is 19.3 Å². The van der Waals surface area contributed by atoms with Crippen molar-refractivity contribution in [2.24, 2.45) is 0 Å². The molecule has 0 saturated carbocycles. The molecule has 1 aliphatic rings. The molecule has 152 valence electrons. The van der Waals surface area contributed by atoms with Gasteiger partial charge in [-0.3, -0.25) is 4.79 Å². The second-order valence-corrected chi connectivity index (χ2v) is 7.02. The number of tetrazole rings is 1. The molecule has 2 aromatic carbocycles. The molecule has 9 heteroatoms. The van der Waals surface area contributed by atoms with E-state index in [2.05, 4.69) is 39.8 Å². The van der Waals surface area contributed by atoms with E-state index in [1.165, 1.54) is 10.2 Å². The number of fused-ring (bicyclic) bond motifs is 1. The van der Waals surface area contributed by atoms with Gasteiger partial charge in [-0.25, -0.2) is 0 Å². The number of anilines is 1. The molecule has 0 radical (unpaired) electrons. The van der Waals surface area contributed by atoms with Gasteiger partial charge in [0.15, 0.2) is 5.75 Å². The molecule has 0 spiro atoms. The summed E-state index contributed by atoms with van der Waals surface area (Å²) in [5.74, 6) is 0.520. The highest BCUT2D eigenvalue weighted by atomic mass is 35.5. The molecule has 2 heterocycles. The number of carbonyl (C=O) groups excluding carboxylic acids is 1. The highest BCUT2D eigenvalue weighted by Gasteiger charge is 2.26. The summed E-state index contributed by atoms with van der Waals surface area (Å²) < 4.78 is 7.52. The number of carbonyl (C=O) groups is 1. The SMILES string of the molecule is CN(C)CCCc1ccc(Oc2nnnn2-c2ccccc2)c2c1CC(=O)N2.Cl. The molecule has 1 amide bonds. The highest BCUT2D eigenvalue weighted by molar-refractivity contribution is 6.01. The summed E-state index contributed by atoms with van der Waals surface area (Å²) in [6.07, 6.45) is 2.31. The van der Waals surface area contributed by atoms with Crippen LogP contribution in [0.5, 0.6) is 11.8 Å². The molecule has 29 heavy (non-hydrogen) atoms. The van der Waals surface area contributed by atoms with Crippen molar-refractivity contribution >= 4 is 24.0 Å². The smallest absolute Gasteiger partial charge is 0.345 e. The molecule has 0 bridgehead atoms. The number of nitrogens with one attached hydrogen (secondary N) is 1. The normalized spacial score (nSPS) is 12.4. The molecular formula is C20H23ClN6O2. The van der Waals surface area contributed by atoms with Crippen molar-refractivity contribution in [2.75, 3.05) is 26.0 Å². The van der Waals surface area contributed by atoms with E-state index in [0.717, 1.165) is 36.3 Å². The minimum absolute atomic E-state index is 0. The van der Waals surface area contributed by atoms with Gasteiger partial charge in [-0.1, -0.05) is 29.4 Å². The number of ether oxygens (including phenoxy) is 1. The van der Waals surface area contributed by atoms with Gasteiger partial charge in [-0.05, 0) is 73.2 Å². The van der Waals surface area contributed by atoms with Crippen LogP contribution < -0.4 is 10.1 Å². The van der Waals surface area contributed by atoms with Gasteiger partial charge in [0.2, 0.25) is 5.91 Å². The molecule has 0 unspecified atom stereocenters. The minimum atomic E-state index is -0.0254. The number of aromatic nitrogens is 4. The van der Waals surface area contributed by atoms with E-state index in [1.54, 1.807) is 0 Å². The first-order valence-corrected chi connectivity index (χ1v) is 9.23. The van der Waals surface area contributed by atoms with Crippen LogP contribution in [0.2, 0.25) is 0 Å². The number of hydrogen-bond donors (Lipinski definition) is 1. The first-order chi connectivity index (χ1) is 13.6. The van der Waals surface area contributed by atoms with Crippen LogP contribution in [-0.4, -0.2) is 51.7 Å². The first kappa shape index (κ1) is 20.8. The lowest BCUT2D eigenvalue weighted by Gasteiger charge is -2.14. The molecule has 0 saturated heterocycles. The molecule has 0 atom stereocenters. The number of hydrogen-bond acceptors (Lipinski definition) is 6. The van der Waals surface area contributed by atoms with E-state index in [9.17, 15) is 4.79 Å². The monoisotopic (exact) mass is 414 g/mol. The van der Waals surface area contributed by atoms with Crippen molar-refractivity contribution in [3.63, 3.8) is 0 Å². The van der Waals surface area contributed by atoms with Crippen LogP contribution in [0.1, 0.15) is 17.5 Å². The first-order valence-electron chi connectivity index (χ1n) is 9.23. The average Bonchev–Trinajstić information content (AvgIpc) is 3.30. The van der Waals surface area contributed by atoms with E-state index < -0.39 is 0 Å². The van der Waals surface area contributed by atoms with Gasteiger partial charge in [0.05, 0.1) is 17.8 Å². The molecule has 1 N–H and O–H groups in total. The maximum absolute atomic E-state index is 12.1. The molecule has 1 aliphatic heterocycles. The fraction of sp³-hybridized carbons (Fsp3) is 0.300. The van der Waals surface area contributed by atoms with E-state index in [1.807, 2.05) is 42.5 Å². The van der Waals surface area contributed by atoms with Crippen LogP contribution >= 0.6 is 12.4 Å². The Morgan fingerprint density at radius 3 is 2.72 bits per heavy atom. The van der Waals surface area contributed by atoms with Crippen LogP contribution in [0.4, 0.5) is 5.69 Å². The third-order valence-electron chi connectivity index (χ3n) is 4.67. The van der Waals surface area contributed by atoms with E-state index >= 15 is 0 Å². The van der Waals surface area contributed by atoms with Crippen LogP contribution in [0.15, 0.2) is 42.5 Å². The van der Waals surface area contributed by atoms with Crippen LogP contribution in [0.3, 0.4) is 0 Å². The zero-order chi connectivity index (χ0) is 19.5. The van der Waals surface area contributed by atoms with Crippen molar-refractivity contribution in [1.82, 2.24) is 25.1 Å². The van der Waals surface area contributed by atoms with E-state index in [4.69, 9.17) is 4.74 Å². The zero-order valence-electron chi connectivity index (χ0n) is 16.3. The summed E-state index contributed by atoms with van der Waals surface area (Å²) in [6, 6.07) is 13.7. The van der Waals surface area contributed by atoms with Gasteiger partial charge < -0.3 is 15.0 Å². The third-order valence-corrected chi connectivity index (χ3v) is 4.67. The number of rotatable bonds is 7. The Hall–Kier alpha value is -2.97. The topological polar surface area (TPSA) is 85.2 Å². The highest BCUT2D eigenvalue weighted by Crippen LogP contribution is 2.38. The number of aryl methyl sites for hydroxylation is 1. The lowest BCUT2D eigenvalue weighted by atomic mass is 10.00. The van der Waals surface area contributed by atoms with Gasteiger partial charge in [-0.15, -0.1) is 12.4 Å². The second-order valence-electron chi connectivity index (χ2n) is 7.02. The molecule has 1 aromatic heterocycles. The largest absolute Gasteiger partial charge is 0.421 e. The van der Waals surface area contributed by atoms with Crippen LogP contribution in [-0.2, 0) is 17.6 Å². The van der Waals surface area contributed by atoms with Crippen LogP contribution in [0.25, 0.3) is 5.69 Å². The van der Waals surface area contributed by atoms with Crippen molar-refractivity contribution in [1.29, 1.82) is 0 Å². The standard InChI is InChI=1S/C20H22N6O2.ClH/c1-25(2)12-6-7-14-10-11-17(19-16(14)13-18(27)21-19)28-20-22-23-24-26(20)15-8-4-3-5-9-15;/h3-5,8-11H,6-7,12-13H2,1-2H3,(H,21,27);1H. The minimum Gasteiger partial charge on any atom is -0.421 e. The maximum atomic E-state index is 12.1. The van der Waals surface area contributed by atoms with Gasteiger partial charge in [0.1, 0.15) is 0 Å². The lowest BCUT2D eigenvalue weighted by molar-refractivity contribution is -0.115. The number of amides is 1. The van der Waals surface area contributed by atoms with E-state index in [0.29, 0.717) is 12.2 Å². The Balaban J connectivity index is 0.00000240. The predicted octanol–water partition coefficient (Wildman–Crippen LogP) is 2.87. The summed E-state index contributed by atoms with van der Waals surface area (Å²) in [5, 5.41) is 14.6. The fourth-order valence-electron chi connectivity index (χ4n) is 3.33. The lowest BCUT2D eigenvalue weighted by Crippen LogP contribution is -2.13. The molecule has 3 aromatic rings. The Labute approximate surface area is 175 Å². The van der Waals surface area contributed by atoms with Gasteiger partial charge in [0, 0.05) is 0 Å². The Kier molecular flexibility index (Phi) is 6.46. The Morgan fingerprint density at radius 1 is 1.17 bits per heavy atom. The molecule has 4 rings (SSSR count). The van der Waals surface area contributed by atoms with Gasteiger partial charge in [0.25, 0.3) is 0 Å². The van der Waals surface area contributed by atoms with Crippen LogP contribution in [0, 0.1) is 0 Å². The summed E-state index contributed by atoms with van der Waals surface area (Å²) >= 11 is 0. The van der Waals surface area contributed by atoms with E-state index in [-0.39, 0.29) is 24.3 Å². The fourth-order valence-corrected chi connectivity index (χ4v) is 3.33. The summed E-state index contributed by atoms with van der Waals surface area (Å²) in [5.41, 5.74) is 3.68. The number of halogens is 1. The predicted molar refractivity (Wildman–Crippen MR) is 112 cm³/mol. The Bertz CT molecular complexity index is 990. The molecular weight excluding hydrogens is 392 g/mol. The average molecular weight is 415 g/mol. The zero-order valence-corrected chi connectivity index (χ0v) is 17.1.